The maximum absolute atomic E-state index is 12.1. The van der Waals surface area contributed by atoms with Gasteiger partial charge in [-0.05, 0) is 62.4 Å². The number of hydrogen-bond donors (Lipinski definition) is 1. The molecule has 2 nitrogen and oxygen atoms in total. The molecule has 106 valence electrons. The van der Waals surface area contributed by atoms with Crippen LogP contribution in [-0.2, 0) is 6.42 Å². The second-order valence-corrected chi connectivity index (χ2v) is 4.93. The highest BCUT2D eigenvalue weighted by Crippen LogP contribution is 2.25. The van der Waals surface area contributed by atoms with Gasteiger partial charge in [-0.2, -0.15) is 0 Å². The molecule has 0 aromatic heterocycles. The largest absolute Gasteiger partial charge is 0.573 e. The van der Waals surface area contributed by atoms with Crippen LogP contribution in [0.4, 0.5) is 13.2 Å². The molecule has 1 aromatic carbocycles. The Hall–Kier alpha value is -1.23. The number of hydrogen-bond acceptors (Lipinski definition) is 2. The van der Waals surface area contributed by atoms with Crippen LogP contribution in [0.15, 0.2) is 24.3 Å². The maximum Gasteiger partial charge on any atom is 0.573 e. The highest BCUT2D eigenvalue weighted by molar-refractivity contribution is 5.28. The van der Waals surface area contributed by atoms with Crippen LogP contribution in [0.25, 0.3) is 0 Å². The molecular formula is C14H18F3NO. The number of ether oxygens (including phenoxy) is 1. The molecule has 0 unspecified atom stereocenters. The van der Waals surface area contributed by atoms with E-state index < -0.39 is 6.36 Å². The van der Waals surface area contributed by atoms with Crippen molar-refractivity contribution in [2.75, 3.05) is 13.1 Å². The quantitative estimate of drug-likeness (QED) is 0.906. The molecule has 1 fully saturated rings. The van der Waals surface area contributed by atoms with Crippen molar-refractivity contribution in [2.24, 2.45) is 5.92 Å². The average Bonchev–Trinajstić information content (AvgIpc) is 2.36. The third kappa shape index (κ3) is 5.11. The smallest absolute Gasteiger partial charge is 0.406 e. The SMILES string of the molecule is FC(F)(F)Oc1cccc(CCC2CCNCC2)c1. The predicted molar refractivity (Wildman–Crippen MR) is 67.0 cm³/mol. The molecule has 0 atom stereocenters. The fourth-order valence-electron chi connectivity index (χ4n) is 2.44. The van der Waals surface area contributed by atoms with Gasteiger partial charge in [0.25, 0.3) is 0 Å². The number of piperidine rings is 1. The van der Waals surface area contributed by atoms with Crippen molar-refractivity contribution in [3.05, 3.63) is 29.8 Å². The normalized spacial score (nSPS) is 17.4. The van der Waals surface area contributed by atoms with E-state index in [1.165, 1.54) is 12.1 Å². The number of nitrogens with one attached hydrogen (secondary N) is 1. The van der Waals surface area contributed by atoms with Crippen LogP contribution in [-0.4, -0.2) is 19.5 Å². The van der Waals surface area contributed by atoms with Gasteiger partial charge >= 0.3 is 6.36 Å². The number of alkyl halides is 3. The van der Waals surface area contributed by atoms with E-state index in [9.17, 15) is 13.2 Å². The van der Waals surface area contributed by atoms with Gasteiger partial charge in [0.2, 0.25) is 0 Å². The van der Waals surface area contributed by atoms with Gasteiger partial charge in [-0.1, -0.05) is 12.1 Å². The van der Waals surface area contributed by atoms with Crippen molar-refractivity contribution in [1.29, 1.82) is 0 Å². The Kier molecular flexibility index (Phi) is 4.69. The predicted octanol–water partition coefficient (Wildman–Crippen LogP) is 3.52. The molecule has 5 heteroatoms. The molecule has 0 bridgehead atoms. The summed E-state index contributed by atoms with van der Waals surface area (Å²) in [6.07, 6.45) is -0.484. The molecule has 1 N–H and O–H groups in total. The van der Waals surface area contributed by atoms with Gasteiger partial charge in [0.15, 0.2) is 0 Å². The Morgan fingerprint density at radius 2 is 1.95 bits per heavy atom. The molecule has 0 saturated carbocycles. The zero-order valence-electron chi connectivity index (χ0n) is 10.7. The first-order valence-corrected chi connectivity index (χ1v) is 6.58. The van der Waals surface area contributed by atoms with E-state index in [4.69, 9.17) is 0 Å². The van der Waals surface area contributed by atoms with Crippen LogP contribution < -0.4 is 10.1 Å². The zero-order valence-corrected chi connectivity index (χ0v) is 10.7. The van der Waals surface area contributed by atoms with Gasteiger partial charge in [-0.3, -0.25) is 0 Å². The number of benzene rings is 1. The summed E-state index contributed by atoms with van der Waals surface area (Å²) in [6.45, 7) is 2.09. The van der Waals surface area contributed by atoms with Crippen LogP contribution >= 0.6 is 0 Å². The molecular weight excluding hydrogens is 255 g/mol. The van der Waals surface area contributed by atoms with E-state index in [0.29, 0.717) is 5.92 Å². The third-order valence-electron chi connectivity index (χ3n) is 3.43. The van der Waals surface area contributed by atoms with Gasteiger partial charge < -0.3 is 10.1 Å². The van der Waals surface area contributed by atoms with Crippen LogP contribution in [0.2, 0.25) is 0 Å². The second kappa shape index (κ2) is 6.28. The van der Waals surface area contributed by atoms with E-state index in [1.807, 2.05) is 6.07 Å². The Bertz CT molecular complexity index is 400. The molecule has 1 aliphatic rings. The standard InChI is InChI=1S/C14H18F3NO/c15-14(16,17)19-13-3-1-2-12(10-13)5-4-11-6-8-18-9-7-11/h1-3,10-11,18H,4-9H2. The van der Waals surface area contributed by atoms with Crippen LogP contribution in [0, 0.1) is 5.92 Å². The lowest BCUT2D eigenvalue weighted by Crippen LogP contribution is -2.27. The summed E-state index contributed by atoms with van der Waals surface area (Å²) < 4.78 is 40.3. The van der Waals surface area contributed by atoms with Crippen molar-refractivity contribution in [3.8, 4) is 5.75 Å². The number of aryl methyl sites for hydroxylation is 1. The van der Waals surface area contributed by atoms with E-state index in [-0.39, 0.29) is 5.75 Å². The maximum atomic E-state index is 12.1. The summed E-state index contributed by atoms with van der Waals surface area (Å²) in [6, 6.07) is 6.28. The minimum absolute atomic E-state index is 0.129. The fraction of sp³-hybridized carbons (Fsp3) is 0.571. The molecule has 2 rings (SSSR count). The summed E-state index contributed by atoms with van der Waals surface area (Å²) in [5.41, 5.74) is 0.903. The Labute approximate surface area is 111 Å². The highest BCUT2D eigenvalue weighted by atomic mass is 19.4. The molecule has 0 spiro atoms. The molecule has 1 aliphatic heterocycles. The Morgan fingerprint density at radius 3 is 2.63 bits per heavy atom. The topological polar surface area (TPSA) is 21.3 Å². The molecule has 1 saturated heterocycles. The zero-order chi connectivity index (χ0) is 13.7. The number of rotatable bonds is 4. The van der Waals surface area contributed by atoms with Gasteiger partial charge in [0.1, 0.15) is 5.75 Å². The van der Waals surface area contributed by atoms with Crippen molar-refractivity contribution < 1.29 is 17.9 Å². The summed E-state index contributed by atoms with van der Waals surface area (Å²) in [5.74, 6) is 0.545. The Balaban J connectivity index is 1.87. The first-order chi connectivity index (χ1) is 9.03. The van der Waals surface area contributed by atoms with Crippen molar-refractivity contribution in [2.45, 2.75) is 32.0 Å². The Morgan fingerprint density at radius 1 is 1.21 bits per heavy atom. The molecule has 0 amide bonds. The van der Waals surface area contributed by atoms with Gasteiger partial charge in [0.05, 0.1) is 0 Å². The number of halogens is 3. The fourth-order valence-corrected chi connectivity index (χ4v) is 2.44. The summed E-state index contributed by atoms with van der Waals surface area (Å²) in [4.78, 5) is 0. The first kappa shape index (κ1) is 14.2. The monoisotopic (exact) mass is 273 g/mol. The summed E-state index contributed by atoms with van der Waals surface area (Å²) >= 11 is 0. The lowest BCUT2D eigenvalue weighted by Gasteiger charge is -2.22. The third-order valence-corrected chi connectivity index (χ3v) is 3.43. The van der Waals surface area contributed by atoms with Crippen molar-refractivity contribution in [3.63, 3.8) is 0 Å². The molecule has 19 heavy (non-hydrogen) atoms. The molecule has 0 radical (unpaired) electrons. The minimum atomic E-state index is -4.62. The second-order valence-electron chi connectivity index (χ2n) is 4.93. The first-order valence-electron chi connectivity index (χ1n) is 6.58. The van der Waals surface area contributed by atoms with Gasteiger partial charge in [-0.25, -0.2) is 0 Å². The minimum Gasteiger partial charge on any atom is -0.406 e. The summed E-state index contributed by atoms with van der Waals surface area (Å²) in [7, 11) is 0. The van der Waals surface area contributed by atoms with Crippen LogP contribution in [0.3, 0.4) is 0 Å². The van der Waals surface area contributed by atoms with Crippen LogP contribution in [0.1, 0.15) is 24.8 Å². The van der Waals surface area contributed by atoms with E-state index >= 15 is 0 Å². The van der Waals surface area contributed by atoms with Crippen LogP contribution in [0.5, 0.6) is 5.75 Å². The summed E-state index contributed by atoms with van der Waals surface area (Å²) in [5, 5.41) is 3.30. The molecule has 1 aromatic rings. The van der Waals surface area contributed by atoms with Gasteiger partial charge in [0, 0.05) is 0 Å². The van der Waals surface area contributed by atoms with Gasteiger partial charge in [-0.15, -0.1) is 13.2 Å². The highest BCUT2D eigenvalue weighted by Gasteiger charge is 2.31. The van der Waals surface area contributed by atoms with E-state index in [2.05, 4.69) is 10.1 Å². The average molecular weight is 273 g/mol. The lowest BCUT2D eigenvalue weighted by molar-refractivity contribution is -0.274. The van der Waals surface area contributed by atoms with E-state index in [0.717, 1.165) is 44.3 Å². The van der Waals surface area contributed by atoms with Crippen molar-refractivity contribution in [1.82, 2.24) is 5.32 Å². The molecule has 1 heterocycles. The lowest BCUT2D eigenvalue weighted by atomic mass is 9.91. The molecule has 0 aliphatic carbocycles. The van der Waals surface area contributed by atoms with E-state index in [1.54, 1.807) is 6.07 Å². The van der Waals surface area contributed by atoms with Crippen molar-refractivity contribution >= 4 is 0 Å².